The van der Waals surface area contributed by atoms with Crippen LogP contribution in [0.1, 0.15) is 12.8 Å². The summed E-state index contributed by atoms with van der Waals surface area (Å²) in [4.78, 5) is 25.9. The Kier molecular flexibility index (Phi) is 7.89. The monoisotopic (exact) mass is 466 g/mol. The first kappa shape index (κ1) is 24.9. The molecule has 0 saturated carbocycles. The molecule has 13 heteroatoms. The fraction of sp³-hybridized carbons (Fsp3) is 0.556. The van der Waals surface area contributed by atoms with E-state index in [0.29, 0.717) is 19.4 Å². The van der Waals surface area contributed by atoms with Crippen LogP contribution in [0, 0.1) is 0 Å². The van der Waals surface area contributed by atoms with E-state index in [1.54, 1.807) is 0 Å². The number of rotatable bonds is 8. The van der Waals surface area contributed by atoms with Crippen molar-refractivity contribution in [1.82, 2.24) is 14.5 Å². The lowest BCUT2D eigenvalue weighted by Gasteiger charge is -2.23. The summed E-state index contributed by atoms with van der Waals surface area (Å²) in [5.41, 5.74) is 0.198. The molecule has 174 valence electrons. The number of carbonyl (C=O) groups is 2. The van der Waals surface area contributed by atoms with Crippen molar-refractivity contribution in [2.24, 2.45) is 0 Å². The third-order valence-electron chi connectivity index (χ3n) is 4.68. The number of nitrogens with one attached hydrogen (secondary N) is 2. The Balaban J connectivity index is 2.07. The van der Waals surface area contributed by atoms with Crippen molar-refractivity contribution < 1.29 is 35.9 Å². The molecule has 1 fully saturated rings. The van der Waals surface area contributed by atoms with Gasteiger partial charge >= 0.3 is 6.18 Å². The van der Waals surface area contributed by atoms with Gasteiger partial charge in [-0.25, -0.2) is 12.7 Å². The van der Waals surface area contributed by atoms with Crippen LogP contribution in [0.15, 0.2) is 23.1 Å². The molecule has 1 aliphatic rings. The van der Waals surface area contributed by atoms with Gasteiger partial charge in [-0.2, -0.15) is 13.2 Å². The van der Waals surface area contributed by atoms with E-state index in [9.17, 15) is 31.2 Å². The molecular formula is C18H25F3N4O5S. The second-order valence-electron chi connectivity index (χ2n) is 7.16. The summed E-state index contributed by atoms with van der Waals surface area (Å²) in [7, 11) is 0.199. The minimum Gasteiger partial charge on any atom is -0.495 e. The van der Waals surface area contributed by atoms with Gasteiger partial charge in [0, 0.05) is 19.8 Å². The number of benzene rings is 1. The third kappa shape index (κ3) is 6.55. The molecule has 1 saturated heterocycles. The first-order chi connectivity index (χ1) is 14.3. The molecule has 1 heterocycles. The standard InChI is InChI=1S/C18H25F3N4O5S/c1-24(2)31(28,29)15-9-12(6-7-14(15)30-3)23-16(26)10-25-8-4-5-13(25)17(27)22-11-18(19,20)21/h6-7,9,13H,4-5,8,10-11H2,1-3H3,(H,22,27)(H,23,26). The molecule has 0 aromatic heterocycles. The Morgan fingerprint density at radius 1 is 1.29 bits per heavy atom. The minimum atomic E-state index is -4.52. The molecule has 2 amide bonds. The van der Waals surface area contributed by atoms with Crippen LogP contribution < -0.4 is 15.4 Å². The molecule has 2 rings (SSSR count). The first-order valence-electron chi connectivity index (χ1n) is 9.34. The summed E-state index contributed by atoms with van der Waals surface area (Å²) in [5.74, 6) is -1.21. The summed E-state index contributed by atoms with van der Waals surface area (Å²) in [6.45, 7) is -1.29. The molecule has 0 radical (unpaired) electrons. The number of anilines is 1. The predicted octanol–water partition coefficient (Wildman–Crippen LogP) is 1.03. The fourth-order valence-electron chi connectivity index (χ4n) is 3.16. The molecule has 0 spiro atoms. The number of amides is 2. The van der Waals surface area contributed by atoms with Crippen molar-refractivity contribution in [3.8, 4) is 5.75 Å². The highest BCUT2D eigenvalue weighted by molar-refractivity contribution is 7.89. The van der Waals surface area contributed by atoms with E-state index in [-0.39, 0.29) is 22.9 Å². The van der Waals surface area contributed by atoms with Crippen LogP contribution in [-0.4, -0.2) is 82.5 Å². The highest BCUT2D eigenvalue weighted by atomic mass is 32.2. The molecular weight excluding hydrogens is 441 g/mol. The summed E-state index contributed by atoms with van der Waals surface area (Å²) in [6.07, 6.45) is -3.62. The second kappa shape index (κ2) is 9.83. The molecule has 0 bridgehead atoms. The average Bonchev–Trinajstić information content (AvgIpc) is 3.13. The molecule has 1 unspecified atom stereocenters. The Bertz CT molecular complexity index is 921. The van der Waals surface area contributed by atoms with Crippen molar-refractivity contribution in [3.05, 3.63) is 18.2 Å². The molecule has 1 aromatic carbocycles. The number of likely N-dealkylation sites (tertiary alicyclic amines) is 1. The Labute approximate surface area is 178 Å². The van der Waals surface area contributed by atoms with Crippen molar-refractivity contribution >= 4 is 27.5 Å². The summed E-state index contributed by atoms with van der Waals surface area (Å²) < 4.78 is 68.0. The number of hydrogen-bond donors (Lipinski definition) is 2. The molecule has 1 aliphatic heterocycles. The first-order valence-corrected chi connectivity index (χ1v) is 10.8. The average molecular weight is 466 g/mol. The normalized spacial score (nSPS) is 17.6. The van der Waals surface area contributed by atoms with Crippen LogP contribution in [0.4, 0.5) is 18.9 Å². The van der Waals surface area contributed by atoms with E-state index in [4.69, 9.17) is 4.74 Å². The van der Waals surface area contributed by atoms with E-state index in [1.807, 2.05) is 5.32 Å². The molecule has 2 N–H and O–H groups in total. The van der Waals surface area contributed by atoms with E-state index in [1.165, 1.54) is 44.3 Å². The van der Waals surface area contributed by atoms with Gasteiger partial charge in [0.2, 0.25) is 21.8 Å². The summed E-state index contributed by atoms with van der Waals surface area (Å²) in [6, 6.07) is 3.27. The van der Waals surface area contributed by atoms with Gasteiger partial charge in [0.05, 0.1) is 19.7 Å². The molecule has 31 heavy (non-hydrogen) atoms. The number of methoxy groups -OCH3 is 1. The predicted molar refractivity (Wildman–Crippen MR) is 106 cm³/mol. The van der Waals surface area contributed by atoms with Crippen LogP contribution in [0.3, 0.4) is 0 Å². The van der Waals surface area contributed by atoms with Crippen LogP contribution in [0.5, 0.6) is 5.75 Å². The van der Waals surface area contributed by atoms with Gasteiger partial charge in [-0.1, -0.05) is 0 Å². The van der Waals surface area contributed by atoms with Gasteiger partial charge in [-0.3, -0.25) is 14.5 Å². The van der Waals surface area contributed by atoms with Crippen LogP contribution in [0.25, 0.3) is 0 Å². The lowest BCUT2D eigenvalue weighted by molar-refractivity contribution is -0.141. The highest BCUT2D eigenvalue weighted by Gasteiger charge is 2.35. The number of hydrogen-bond acceptors (Lipinski definition) is 6. The zero-order valence-electron chi connectivity index (χ0n) is 17.3. The summed E-state index contributed by atoms with van der Waals surface area (Å²) in [5, 5.41) is 4.40. The minimum absolute atomic E-state index is 0.104. The van der Waals surface area contributed by atoms with Gasteiger partial charge in [0.1, 0.15) is 17.2 Å². The van der Waals surface area contributed by atoms with Gasteiger partial charge in [0.25, 0.3) is 0 Å². The molecule has 1 atom stereocenters. The second-order valence-corrected chi connectivity index (χ2v) is 9.28. The number of carbonyl (C=O) groups excluding carboxylic acids is 2. The van der Waals surface area contributed by atoms with Crippen LogP contribution in [-0.2, 0) is 19.6 Å². The lowest BCUT2D eigenvalue weighted by Crippen LogP contribution is -2.47. The Morgan fingerprint density at radius 2 is 1.97 bits per heavy atom. The van der Waals surface area contributed by atoms with Crippen molar-refractivity contribution in [2.45, 2.75) is 30.0 Å². The molecule has 0 aliphatic carbocycles. The quantitative estimate of drug-likeness (QED) is 0.593. The van der Waals surface area contributed by atoms with Gasteiger partial charge in [-0.15, -0.1) is 0 Å². The fourth-order valence-corrected chi connectivity index (χ4v) is 4.23. The van der Waals surface area contributed by atoms with Gasteiger partial charge in [0.15, 0.2) is 0 Å². The summed E-state index contributed by atoms with van der Waals surface area (Å²) >= 11 is 0. The molecule has 1 aromatic rings. The van der Waals surface area contributed by atoms with Crippen LogP contribution >= 0.6 is 0 Å². The highest BCUT2D eigenvalue weighted by Crippen LogP contribution is 2.29. The Hall–Kier alpha value is -2.38. The number of alkyl halides is 3. The van der Waals surface area contributed by atoms with Crippen LogP contribution in [0.2, 0.25) is 0 Å². The SMILES string of the molecule is COc1ccc(NC(=O)CN2CCCC2C(=O)NCC(F)(F)F)cc1S(=O)(=O)N(C)C. The van der Waals surface area contributed by atoms with Crippen molar-refractivity contribution in [3.63, 3.8) is 0 Å². The smallest absolute Gasteiger partial charge is 0.405 e. The number of nitrogens with zero attached hydrogens (tertiary/aromatic N) is 2. The maximum atomic E-state index is 12.5. The van der Waals surface area contributed by atoms with Gasteiger partial charge < -0.3 is 15.4 Å². The zero-order valence-corrected chi connectivity index (χ0v) is 18.1. The number of sulfonamides is 1. The number of ether oxygens (including phenoxy) is 1. The van der Waals surface area contributed by atoms with Crippen molar-refractivity contribution in [1.29, 1.82) is 0 Å². The number of halogens is 3. The molecule has 9 nitrogen and oxygen atoms in total. The van der Waals surface area contributed by atoms with Gasteiger partial charge in [-0.05, 0) is 37.6 Å². The van der Waals surface area contributed by atoms with E-state index in [0.717, 1.165) is 4.31 Å². The van der Waals surface area contributed by atoms with Crippen molar-refractivity contribution in [2.75, 3.05) is 46.2 Å². The Morgan fingerprint density at radius 3 is 2.55 bits per heavy atom. The van der Waals surface area contributed by atoms with E-state index in [2.05, 4.69) is 5.32 Å². The third-order valence-corrected chi connectivity index (χ3v) is 6.52. The zero-order chi connectivity index (χ0) is 23.4. The maximum Gasteiger partial charge on any atom is 0.405 e. The topological polar surface area (TPSA) is 108 Å². The largest absolute Gasteiger partial charge is 0.495 e. The van der Waals surface area contributed by atoms with E-state index < -0.39 is 40.6 Å². The maximum absolute atomic E-state index is 12.5. The van der Waals surface area contributed by atoms with E-state index >= 15 is 0 Å². The lowest BCUT2D eigenvalue weighted by atomic mass is 10.2.